The van der Waals surface area contributed by atoms with Crippen LogP contribution in [0.3, 0.4) is 0 Å². The minimum Gasteiger partial charge on any atom is -0.489 e. The molecular weight excluding hydrogens is 558 g/mol. The lowest BCUT2D eigenvalue weighted by Crippen LogP contribution is -2.47. The Hall–Kier alpha value is -4.55. The SMILES string of the molecule is OC(Cn1ccc2ccccc21)(Oc1cccc(Cl)c1)C(OCc1ccccc1)c1ccc(OCc2ccccc2)cc1. The molecule has 0 spiro atoms. The predicted molar refractivity (Wildman–Crippen MR) is 170 cm³/mol. The van der Waals surface area contributed by atoms with Crippen LogP contribution in [0.5, 0.6) is 11.5 Å². The zero-order chi connectivity index (χ0) is 29.5. The molecule has 43 heavy (non-hydrogen) atoms. The van der Waals surface area contributed by atoms with Crippen LogP contribution in [-0.2, 0) is 24.5 Å². The molecule has 6 aromatic rings. The number of benzene rings is 5. The predicted octanol–water partition coefficient (Wildman–Crippen LogP) is 8.60. The van der Waals surface area contributed by atoms with E-state index in [0.29, 0.717) is 23.1 Å². The fourth-order valence-electron chi connectivity index (χ4n) is 5.15. The number of nitrogens with zero attached hydrogens (tertiary/aromatic N) is 1. The fourth-order valence-corrected chi connectivity index (χ4v) is 5.33. The van der Waals surface area contributed by atoms with Gasteiger partial charge in [0.2, 0.25) is 0 Å². The van der Waals surface area contributed by atoms with Gasteiger partial charge in [0.15, 0.2) is 0 Å². The molecule has 0 aliphatic carbocycles. The van der Waals surface area contributed by atoms with Crippen LogP contribution in [0.1, 0.15) is 22.8 Å². The molecule has 0 saturated carbocycles. The van der Waals surface area contributed by atoms with Crippen molar-refractivity contribution in [3.63, 3.8) is 0 Å². The van der Waals surface area contributed by atoms with Gasteiger partial charge in [-0.05, 0) is 64.5 Å². The molecule has 6 rings (SSSR count). The van der Waals surface area contributed by atoms with Crippen LogP contribution in [0.15, 0.2) is 146 Å². The Kier molecular flexibility index (Phi) is 8.75. The molecule has 216 valence electrons. The summed E-state index contributed by atoms with van der Waals surface area (Å²) in [5.74, 6) is -0.680. The van der Waals surface area contributed by atoms with Crippen molar-refractivity contribution in [2.24, 2.45) is 0 Å². The van der Waals surface area contributed by atoms with E-state index in [1.54, 1.807) is 24.3 Å². The van der Waals surface area contributed by atoms with Crippen molar-refractivity contribution in [3.8, 4) is 11.5 Å². The van der Waals surface area contributed by atoms with Gasteiger partial charge in [-0.1, -0.05) is 109 Å². The normalized spacial score (nSPS) is 13.3. The van der Waals surface area contributed by atoms with Crippen molar-refractivity contribution in [1.29, 1.82) is 0 Å². The number of rotatable bonds is 12. The van der Waals surface area contributed by atoms with Crippen molar-refractivity contribution in [3.05, 3.63) is 167 Å². The van der Waals surface area contributed by atoms with E-state index in [1.165, 1.54) is 0 Å². The summed E-state index contributed by atoms with van der Waals surface area (Å²) < 4.78 is 21.0. The number of para-hydroxylation sites is 1. The van der Waals surface area contributed by atoms with Gasteiger partial charge in [-0.2, -0.15) is 0 Å². The van der Waals surface area contributed by atoms with Crippen LogP contribution in [0.25, 0.3) is 10.9 Å². The highest BCUT2D eigenvalue weighted by Crippen LogP contribution is 2.37. The van der Waals surface area contributed by atoms with Gasteiger partial charge in [0.25, 0.3) is 5.79 Å². The third-order valence-electron chi connectivity index (χ3n) is 7.27. The molecule has 5 nitrogen and oxygen atoms in total. The number of halogens is 1. The van der Waals surface area contributed by atoms with E-state index in [9.17, 15) is 5.11 Å². The number of hydrogen-bond acceptors (Lipinski definition) is 4. The van der Waals surface area contributed by atoms with Crippen molar-refractivity contribution < 1.29 is 19.3 Å². The second-order valence-corrected chi connectivity index (χ2v) is 10.9. The minimum absolute atomic E-state index is 0.0960. The van der Waals surface area contributed by atoms with Gasteiger partial charge in [0.05, 0.1) is 13.2 Å². The first-order valence-corrected chi connectivity index (χ1v) is 14.6. The second kappa shape index (κ2) is 13.2. The van der Waals surface area contributed by atoms with Crippen LogP contribution >= 0.6 is 11.6 Å². The molecule has 1 N–H and O–H groups in total. The molecule has 2 atom stereocenters. The number of aliphatic hydroxyl groups is 1. The Morgan fingerprint density at radius 3 is 2.07 bits per heavy atom. The summed E-state index contributed by atoms with van der Waals surface area (Å²) in [4.78, 5) is 0. The molecule has 2 unspecified atom stereocenters. The van der Waals surface area contributed by atoms with Crippen LogP contribution in [0, 0.1) is 0 Å². The van der Waals surface area contributed by atoms with E-state index in [4.69, 9.17) is 25.8 Å². The molecule has 0 aliphatic rings. The molecule has 0 saturated heterocycles. The van der Waals surface area contributed by atoms with Crippen molar-refractivity contribution in [2.45, 2.75) is 31.6 Å². The van der Waals surface area contributed by atoms with E-state index in [1.807, 2.05) is 126 Å². The lowest BCUT2D eigenvalue weighted by molar-refractivity contribution is -0.234. The van der Waals surface area contributed by atoms with Crippen LogP contribution in [0.2, 0.25) is 5.02 Å². The Labute approximate surface area is 256 Å². The Morgan fingerprint density at radius 1 is 0.674 bits per heavy atom. The summed E-state index contributed by atoms with van der Waals surface area (Å²) >= 11 is 6.31. The van der Waals surface area contributed by atoms with Gasteiger partial charge in [0, 0.05) is 16.7 Å². The van der Waals surface area contributed by atoms with E-state index in [0.717, 1.165) is 27.6 Å². The van der Waals surface area contributed by atoms with E-state index >= 15 is 0 Å². The van der Waals surface area contributed by atoms with E-state index in [2.05, 4.69) is 0 Å². The van der Waals surface area contributed by atoms with Crippen LogP contribution < -0.4 is 9.47 Å². The first-order chi connectivity index (χ1) is 21.1. The van der Waals surface area contributed by atoms with Gasteiger partial charge in [-0.25, -0.2) is 0 Å². The summed E-state index contributed by atoms with van der Waals surface area (Å²) in [5, 5.41) is 14.1. The highest BCUT2D eigenvalue weighted by atomic mass is 35.5. The molecular formula is C37H32ClNO4. The van der Waals surface area contributed by atoms with Crippen molar-refractivity contribution in [2.75, 3.05) is 0 Å². The Bertz CT molecular complexity index is 1750. The Balaban J connectivity index is 1.36. The van der Waals surface area contributed by atoms with Gasteiger partial charge in [-0.3, -0.25) is 0 Å². The molecule has 5 aromatic carbocycles. The number of hydrogen-bond donors (Lipinski definition) is 1. The molecule has 0 aliphatic heterocycles. The maximum atomic E-state index is 12.6. The average Bonchev–Trinajstić information content (AvgIpc) is 3.44. The molecule has 1 heterocycles. The third kappa shape index (κ3) is 7.09. The summed E-state index contributed by atoms with van der Waals surface area (Å²) in [6.45, 7) is 0.820. The average molecular weight is 590 g/mol. The smallest absolute Gasteiger partial charge is 0.256 e. The van der Waals surface area contributed by atoms with Gasteiger partial charge >= 0.3 is 0 Å². The number of aromatic nitrogens is 1. The standard InChI is InChI=1S/C37H32ClNO4/c38-32-15-9-16-34(24-32)43-37(40,27-39-23-22-30-14-7-8-17-35(30)39)36(42-26-29-12-5-2-6-13-29)31-18-20-33(21-19-31)41-25-28-10-3-1-4-11-28/h1-24,36,40H,25-27H2. The molecule has 6 heteroatoms. The third-order valence-corrected chi connectivity index (χ3v) is 7.50. The molecule has 0 fully saturated rings. The maximum Gasteiger partial charge on any atom is 0.256 e. The summed E-state index contributed by atoms with van der Waals surface area (Å²) in [6.07, 6.45) is 1.07. The summed E-state index contributed by atoms with van der Waals surface area (Å²) in [5.41, 5.74) is 3.77. The lowest BCUT2D eigenvalue weighted by Gasteiger charge is -2.37. The van der Waals surface area contributed by atoms with E-state index < -0.39 is 11.9 Å². The number of fused-ring (bicyclic) bond motifs is 1. The Morgan fingerprint density at radius 2 is 1.35 bits per heavy atom. The van der Waals surface area contributed by atoms with Gasteiger partial charge in [-0.15, -0.1) is 0 Å². The first-order valence-electron chi connectivity index (χ1n) is 14.2. The topological polar surface area (TPSA) is 52.9 Å². The van der Waals surface area contributed by atoms with Crippen molar-refractivity contribution >= 4 is 22.5 Å². The second-order valence-electron chi connectivity index (χ2n) is 10.4. The highest BCUT2D eigenvalue weighted by molar-refractivity contribution is 6.30. The van der Waals surface area contributed by atoms with Crippen LogP contribution in [-0.4, -0.2) is 15.5 Å². The monoisotopic (exact) mass is 589 g/mol. The van der Waals surface area contributed by atoms with E-state index in [-0.39, 0.29) is 13.2 Å². The first kappa shape index (κ1) is 28.6. The quantitative estimate of drug-likeness (QED) is 0.145. The zero-order valence-corrected chi connectivity index (χ0v) is 24.3. The summed E-state index contributed by atoms with van der Waals surface area (Å²) in [6, 6.07) is 44.6. The lowest BCUT2D eigenvalue weighted by atomic mass is 9.99. The molecule has 0 bridgehead atoms. The van der Waals surface area contributed by atoms with Crippen LogP contribution in [0.4, 0.5) is 0 Å². The highest BCUT2D eigenvalue weighted by Gasteiger charge is 2.42. The van der Waals surface area contributed by atoms with Crippen molar-refractivity contribution in [1.82, 2.24) is 4.57 Å². The van der Waals surface area contributed by atoms with Gasteiger partial charge in [0.1, 0.15) is 24.2 Å². The summed E-state index contributed by atoms with van der Waals surface area (Å²) in [7, 11) is 0. The largest absolute Gasteiger partial charge is 0.489 e. The molecule has 0 radical (unpaired) electrons. The number of ether oxygens (including phenoxy) is 3. The minimum atomic E-state index is -1.83. The fraction of sp³-hybridized carbons (Fsp3) is 0.135. The molecule has 0 amide bonds. The maximum absolute atomic E-state index is 12.6. The zero-order valence-electron chi connectivity index (χ0n) is 23.6. The molecule has 1 aromatic heterocycles. The van der Waals surface area contributed by atoms with Gasteiger partial charge < -0.3 is 23.9 Å².